The molecule has 3 rings (SSSR count). The highest BCUT2D eigenvalue weighted by Gasteiger charge is 2.21. The summed E-state index contributed by atoms with van der Waals surface area (Å²) >= 11 is 11.6. The smallest absolute Gasteiger partial charge is 0.266 e. The van der Waals surface area contributed by atoms with Crippen LogP contribution in [0.4, 0.5) is 0 Å². The van der Waals surface area contributed by atoms with Gasteiger partial charge in [0.2, 0.25) is 10.0 Å². The van der Waals surface area contributed by atoms with Crippen molar-refractivity contribution in [1.82, 2.24) is 24.1 Å². The summed E-state index contributed by atoms with van der Waals surface area (Å²) in [5.41, 5.74) is 0.474. The quantitative estimate of drug-likeness (QED) is 0.631. The highest BCUT2D eigenvalue weighted by molar-refractivity contribution is 7.89. The molecular formula is C16H15Cl2N5O3S. The van der Waals surface area contributed by atoms with Crippen LogP contribution in [0.2, 0.25) is 10.0 Å². The van der Waals surface area contributed by atoms with Crippen LogP contribution in [0.25, 0.3) is 10.9 Å². The van der Waals surface area contributed by atoms with Gasteiger partial charge in [-0.3, -0.25) is 4.79 Å². The van der Waals surface area contributed by atoms with Crippen molar-refractivity contribution in [3.05, 3.63) is 56.3 Å². The number of hydrogen-bond acceptors (Lipinski definition) is 6. The second-order valence-electron chi connectivity index (χ2n) is 6.02. The fourth-order valence-corrected chi connectivity index (χ4v) is 3.84. The number of benzene rings is 1. The fourth-order valence-electron chi connectivity index (χ4n) is 2.45. The molecule has 2 heterocycles. The van der Waals surface area contributed by atoms with E-state index in [4.69, 9.17) is 23.2 Å². The molecule has 0 bridgehead atoms. The van der Waals surface area contributed by atoms with E-state index in [1.54, 1.807) is 19.2 Å². The van der Waals surface area contributed by atoms with E-state index in [1.165, 1.54) is 26.4 Å². The van der Waals surface area contributed by atoms with Gasteiger partial charge in [-0.25, -0.2) is 27.4 Å². The topological polar surface area (TPSA) is 98.0 Å². The molecule has 142 valence electrons. The molecular weight excluding hydrogens is 413 g/mol. The standard InChI is InChI=1S/C16H15Cl2N5O3S/c1-9-4-10-6-19-14(8-23-16(24)15(18)11(17)7-20-23)21-12(10)5-13(9)27(25,26)22(2)3/h4-7H,8H2,1-3H3. The lowest BCUT2D eigenvalue weighted by Crippen LogP contribution is -2.24. The lowest BCUT2D eigenvalue weighted by molar-refractivity contribution is 0.520. The van der Waals surface area contributed by atoms with Crippen molar-refractivity contribution in [1.29, 1.82) is 0 Å². The third-order valence-corrected chi connectivity index (χ3v) is 6.62. The SMILES string of the molecule is Cc1cc2cnc(Cn3ncc(Cl)c(Cl)c3=O)nc2cc1S(=O)(=O)N(C)C. The molecule has 0 atom stereocenters. The average Bonchev–Trinajstić information content (AvgIpc) is 2.61. The predicted octanol–water partition coefficient (Wildman–Crippen LogP) is 2.10. The highest BCUT2D eigenvalue weighted by atomic mass is 35.5. The molecule has 3 aromatic rings. The zero-order valence-electron chi connectivity index (χ0n) is 14.6. The van der Waals surface area contributed by atoms with Crippen LogP contribution in [0.15, 0.2) is 34.2 Å². The number of sulfonamides is 1. The molecule has 0 fully saturated rings. The Bertz CT molecular complexity index is 1210. The Kier molecular flexibility index (Phi) is 5.22. The van der Waals surface area contributed by atoms with Gasteiger partial charge in [-0.15, -0.1) is 0 Å². The van der Waals surface area contributed by atoms with Gasteiger partial charge in [-0.05, 0) is 24.6 Å². The summed E-state index contributed by atoms with van der Waals surface area (Å²) in [4.78, 5) is 20.9. The number of aryl methyl sites for hydroxylation is 1. The van der Waals surface area contributed by atoms with E-state index in [2.05, 4.69) is 15.1 Å². The molecule has 0 saturated heterocycles. The zero-order valence-corrected chi connectivity index (χ0v) is 17.0. The van der Waals surface area contributed by atoms with E-state index in [0.717, 1.165) is 8.99 Å². The van der Waals surface area contributed by atoms with E-state index in [9.17, 15) is 13.2 Å². The normalized spacial score (nSPS) is 12.1. The molecule has 0 unspecified atom stereocenters. The Balaban J connectivity index is 2.09. The summed E-state index contributed by atoms with van der Waals surface area (Å²) in [6, 6.07) is 3.20. The molecule has 1 aromatic carbocycles. The maximum absolute atomic E-state index is 12.5. The third-order valence-electron chi connectivity index (χ3n) is 3.92. The van der Waals surface area contributed by atoms with Crippen LogP contribution in [0.5, 0.6) is 0 Å². The molecule has 0 amide bonds. The fraction of sp³-hybridized carbons (Fsp3) is 0.250. The van der Waals surface area contributed by atoms with Crippen LogP contribution >= 0.6 is 23.2 Å². The van der Waals surface area contributed by atoms with Crippen molar-refractivity contribution in [3.63, 3.8) is 0 Å². The highest BCUT2D eigenvalue weighted by Crippen LogP contribution is 2.23. The summed E-state index contributed by atoms with van der Waals surface area (Å²) in [6.45, 7) is 1.68. The molecule has 0 radical (unpaired) electrons. The minimum Gasteiger partial charge on any atom is -0.266 e. The number of fused-ring (bicyclic) bond motifs is 1. The van der Waals surface area contributed by atoms with Crippen LogP contribution in [0.3, 0.4) is 0 Å². The van der Waals surface area contributed by atoms with E-state index in [1.807, 2.05) is 0 Å². The van der Waals surface area contributed by atoms with Gasteiger partial charge in [0.25, 0.3) is 5.56 Å². The van der Waals surface area contributed by atoms with Crippen LogP contribution in [0, 0.1) is 6.92 Å². The largest absolute Gasteiger partial charge is 0.287 e. The molecule has 27 heavy (non-hydrogen) atoms. The van der Waals surface area contributed by atoms with Gasteiger partial charge in [-0.1, -0.05) is 23.2 Å². The lowest BCUT2D eigenvalue weighted by Gasteiger charge is -2.14. The third kappa shape index (κ3) is 3.68. The molecule has 2 aromatic heterocycles. The Hall–Kier alpha value is -2.07. The summed E-state index contributed by atoms with van der Waals surface area (Å²) < 4.78 is 27.2. The number of nitrogens with zero attached hydrogens (tertiary/aromatic N) is 5. The second kappa shape index (κ2) is 7.16. The summed E-state index contributed by atoms with van der Waals surface area (Å²) in [5.74, 6) is 0.285. The summed E-state index contributed by atoms with van der Waals surface area (Å²) in [6.07, 6.45) is 2.83. The predicted molar refractivity (Wildman–Crippen MR) is 103 cm³/mol. The zero-order chi connectivity index (χ0) is 19.9. The molecule has 0 N–H and O–H groups in total. The first kappa shape index (κ1) is 19.7. The molecule has 0 aliphatic rings. The first-order valence-electron chi connectivity index (χ1n) is 7.71. The van der Waals surface area contributed by atoms with E-state index in [0.29, 0.717) is 16.5 Å². The molecule has 0 aliphatic carbocycles. The van der Waals surface area contributed by atoms with Crippen LogP contribution in [0.1, 0.15) is 11.4 Å². The Labute approximate surface area is 165 Å². The van der Waals surface area contributed by atoms with Gasteiger partial charge in [0.1, 0.15) is 11.6 Å². The van der Waals surface area contributed by atoms with Gasteiger partial charge in [0.15, 0.2) is 5.82 Å². The Morgan fingerprint density at radius 3 is 2.56 bits per heavy atom. The van der Waals surface area contributed by atoms with Crippen molar-refractivity contribution >= 4 is 44.1 Å². The van der Waals surface area contributed by atoms with Crippen molar-refractivity contribution in [2.75, 3.05) is 14.1 Å². The number of aromatic nitrogens is 4. The lowest BCUT2D eigenvalue weighted by atomic mass is 10.2. The van der Waals surface area contributed by atoms with Crippen molar-refractivity contribution < 1.29 is 8.42 Å². The van der Waals surface area contributed by atoms with E-state index >= 15 is 0 Å². The molecule has 11 heteroatoms. The average molecular weight is 428 g/mol. The first-order chi connectivity index (χ1) is 12.6. The number of halogens is 2. The van der Waals surface area contributed by atoms with Gasteiger partial charge >= 0.3 is 0 Å². The molecule has 0 saturated carbocycles. The maximum atomic E-state index is 12.5. The van der Waals surface area contributed by atoms with Crippen LogP contribution in [-0.4, -0.2) is 46.6 Å². The number of hydrogen-bond donors (Lipinski definition) is 0. The monoisotopic (exact) mass is 427 g/mol. The van der Waals surface area contributed by atoms with Gasteiger partial charge in [-0.2, -0.15) is 5.10 Å². The molecule has 0 aliphatic heterocycles. The summed E-state index contributed by atoms with van der Waals surface area (Å²) in [5, 5.41) is 4.52. The second-order valence-corrected chi connectivity index (χ2v) is 8.92. The Morgan fingerprint density at radius 1 is 1.19 bits per heavy atom. The first-order valence-corrected chi connectivity index (χ1v) is 9.91. The number of rotatable bonds is 4. The van der Waals surface area contributed by atoms with Crippen LogP contribution in [-0.2, 0) is 16.6 Å². The van der Waals surface area contributed by atoms with Gasteiger partial charge < -0.3 is 0 Å². The van der Waals surface area contributed by atoms with Crippen molar-refractivity contribution in [2.45, 2.75) is 18.4 Å². The maximum Gasteiger partial charge on any atom is 0.287 e. The van der Waals surface area contributed by atoms with Crippen LogP contribution < -0.4 is 5.56 Å². The van der Waals surface area contributed by atoms with E-state index in [-0.39, 0.29) is 27.3 Å². The Morgan fingerprint density at radius 2 is 1.89 bits per heavy atom. The minimum absolute atomic E-state index is 0.0324. The summed E-state index contributed by atoms with van der Waals surface area (Å²) in [7, 11) is -0.685. The van der Waals surface area contributed by atoms with Gasteiger partial charge in [0, 0.05) is 25.7 Å². The molecule has 0 spiro atoms. The van der Waals surface area contributed by atoms with Crippen molar-refractivity contribution in [3.8, 4) is 0 Å². The minimum atomic E-state index is -3.61. The molecule has 8 nitrogen and oxygen atoms in total. The van der Waals surface area contributed by atoms with Crippen molar-refractivity contribution in [2.24, 2.45) is 0 Å². The van der Waals surface area contributed by atoms with Gasteiger partial charge in [0.05, 0.1) is 21.6 Å². The van der Waals surface area contributed by atoms with E-state index < -0.39 is 15.6 Å².